The molecule has 0 atom stereocenters. The summed E-state index contributed by atoms with van der Waals surface area (Å²) in [6.45, 7) is 0.575. The molecule has 3 rings (SSSR count). The number of hydrogen-bond donors (Lipinski definition) is 1. The van der Waals surface area contributed by atoms with Crippen LogP contribution in [-0.4, -0.2) is 41.2 Å². The van der Waals surface area contributed by atoms with E-state index in [0.717, 1.165) is 6.07 Å². The smallest absolute Gasteiger partial charge is 0.433 e. The maximum absolute atomic E-state index is 13.3. The van der Waals surface area contributed by atoms with Crippen molar-refractivity contribution in [2.45, 2.75) is 19.0 Å². The second-order valence-corrected chi connectivity index (χ2v) is 6.27. The van der Waals surface area contributed by atoms with E-state index in [1.807, 2.05) is 0 Å². The second-order valence-electron chi connectivity index (χ2n) is 6.27. The van der Waals surface area contributed by atoms with Crippen molar-refractivity contribution in [3.63, 3.8) is 0 Å². The number of alkyl halides is 3. The average Bonchev–Trinajstić information content (AvgIpc) is 2.67. The van der Waals surface area contributed by atoms with Crippen molar-refractivity contribution in [1.29, 1.82) is 0 Å². The first-order chi connectivity index (χ1) is 12.8. The van der Waals surface area contributed by atoms with E-state index in [-0.39, 0.29) is 24.7 Å². The van der Waals surface area contributed by atoms with Gasteiger partial charge < -0.3 is 14.7 Å². The summed E-state index contributed by atoms with van der Waals surface area (Å²) in [5, 5.41) is 9.08. The number of halogens is 3. The molecule has 1 aliphatic heterocycles. The van der Waals surface area contributed by atoms with Crippen molar-refractivity contribution < 1.29 is 27.8 Å². The largest absolute Gasteiger partial charge is 0.497 e. The number of aromatic nitrogens is 2. The van der Waals surface area contributed by atoms with Gasteiger partial charge in [0, 0.05) is 18.7 Å². The number of piperidine rings is 1. The van der Waals surface area contributed by atoms with Crippen molar-refractivity contribution in [3.8, 4) is 17.0 Å². The molecule has 1 N–H and O–H groups in total. The highest BCUT2D eigenvalue weighted by Crippen LogP contribution is 2.33. The monoisotopic (exact) mass is 381 g/mol. The Bertz CT molecular complexity index is 834. The summed E-state index contributed by atoms with van der Waals surface area (Å²) >= 11 is 0. The first kappa shape index (κ1) is 18.9. The van der Waals surface area contributed by atoms with Gasteiger partial charge in [-0.2, -0.15) is 13.2 Å². The highest BCUT2D eigenvalue weighted by atomic mass is 19.4. The van der Waals surface area contributed by atoms with E-state index in [1.54, 1.807) is 29.2 Å². The van der Waals surface area contributed by atoms with Crippen molar-refractivity contribution in [1.82, 2.24) is 9.97 Å². The van der Waals surface area contributed by atoms with Crippen LogP contribution in [0.5, 0.6) is 5.75 Å². The molecule has 0 aliphatic carbocycles. The number of benzene rings is 1. The maximum Gasteiger partial charge on any atom is 0.433 e. The number of rotatable bonds is 4. The van der Waals surface area contributed by atoms with Gasteiger partial charge in [0.1, 0.15) is 5.75 Å². The zero-order valence-electron chi connectivity index (χ0n) is 14.5. The van der Waals surface area contributed by atoms with Crippen LogP contribution in [0.1, 0.15) is 18.5 Å². The third kappa shape index (κ3) is 4.29. The van der Waals surface area contributed by atoms with Crippen LogP contribution in [0.4, 0.5) is 19.1 Å². The molecule has 6 nitrogen and oxygen atoms in total. The van der Waals surface area contributed by atoms with Gasteiger partial charge in [0.2, 0.25) is 5.95 Å². The van der Waals surface area contributed by atoms with E-state index in [9.17, 15) is 18.0 Å². The van der Waals surface area contributed by atoms with Gasteiger partial charge in [-0.3, -0.25) is 4.79 Å². The van der Waals surface area contributed by atoms with Crippen molar-refractivity contribution in [3.05, 3.63) is 36.0 Å². The van der Waals surface area contributed by atoms with Gasteiger partial charge in [-0.25, -0.2) is 9.97 Å². The molecule has 9 heteroatoms. The van der Waals surface area contributed by atoms with Crippen LogP contribution in [0.3, 0.4) is 0 Å². The lowest BCUT2D eigenvalue weighted by atomic mass is 9.97. The van der Waals surface area contributed by atoms with E-state index in [4.69, 9.17) is 9.84 Å². The van der Waals surface area contributed by atoms with Crippen molar-refractivity contribution >= 4 is 11.9 Å². The number of anilines is 1. The number of carboxylic acids is 1. The van der Waals surface area contributed by atoms with Gasteiger partial charge in [-0.1, -0.05) is 12.1 Å². The fraction of sp³-hybridized carbons (Fsp3) is 0.389. The minimum Gasteiger partial charge on any atom is -0.497 e. The molecule has 0 spiro atoms. The van der Waals surface area contributed by atoms with Gasteiger partial charge in [0.25, 0.3) is 0 Å². The van der Waals surface area contributed by atoms with Crippen molar-refractivity contribution in [2.24, 2.45) is 5.92 Å². The summed E-state index contributed by atoms with van der Waals surface area (Å²) in [6.07, 6.45) is -3.95. The van der Waals surface area contributed by atoms with E-state index >= 15 is 0 Å². The molecule has 1 saturated heterocycles. The third-order valence-corrected chi connectivity index (χ3v) is 4.50. The van der Waals surface area contributed by atoms with Crippen LogP contribution in [0, 0.1) is 5.92 Å². The number of carboxylic acid groups (broad SMARTS) is 1. The third-order valence-electron chi connectivity index (χ3n) is 4.50. The topological polar surface area (TPSA) is 75.5 Å². The van der Waals surface area contributed by atoms with Crippen LogP contribution in [-0.2, 0) is 11.0 Å². The van der Waals surface area contributed by atoms with Crippen molar-refractivity contribution in [2.75, 3.05) is 25.1 Å². The Balaban J connectivity index is 1.98. The zero-order valence-corrected chi connectivity index (χ0v) is 14.5. The zero-order chi connectivity index (χ0) is 19.6. The molecule has 1 fully saturated rings. The van der Waals surface area contributed by atoms with E-state index in [2.05, 4.69) is 9.97 Å². The molecule has 27 heavy (non-hydrogen) atoms. The Kier molecular flexibility index (Phi) is 5.20. The molecule has 2 heterocycles. The summed E-state index contributed by atoms with van der Waals surface area (Å²) in [5.41, 5.74) is -0.429. The molecule has 0 saturated carbocycles. The molecule has 0 radical (unpaired) electrons. The fourth-order valence-electron chi connectivity index (χ4n) is 2.98. The molecular formula is C18H18F3N3O3. The predicted molar refractivity (Wildman–Crippen MR) is 91.6 cm³/mol. The molecule has 1 aromatic carbocycles. The normalized spacial score (nSPS) is 15.6. The van der Waals surface area contributed by atoms with Crippen LogP contribution < -0.4 is 9.64 Å². The van der Waals surface area contributed by atoms with Gasteiger partial charge in [0.05, 0.1) is 18.7 Å². The molecule has 144 valence electrons. The lowest BCUT2D eigenvalue weighted by molar-refractivity contribution is -0.142. The van der Waals surface area contributed by atoms with Crippen LogP contribution in [0.2, 0.25) is 0 Å². The van der Waals surface area contributed by atoms with Gasteiger partial charge in [-0.05, 0) is 31.0 Å². The highest BCUT2D eigenvalue weighted by molar-refractivity contribution is 5.70. The van der Waals surface area contributed by atoms with Crippen LogP contribution in [0.25, 0.3) is 11.3 Å². The number of nitrogens with zero attached hydrogens (tertiary/aromatic N) is 3. The number of hydrogen-bond acceptors (Lipinski definition) is 5. The Hall–Kier alpha value is -2.84. The maximum atomic E-state index is 13.3. The average molecular weight is 381 g/mol. The standard InChI is InChI=1S/C18H18F3N3O3/c1-27-13-4-2-3-12(9-13)14-10-15(18(19,20)21)23-17(22-14)24-7-5-11(6-8-24)16(25)26/h2-4,9-11H,5-8H2,1H3,(H,25,26). The lowest BCUT2D eigenvalue weighted by Crippen LogP contribution is -2.37. The molecule has 0 unspecified atom stereocenters. The molecule has 0 bridgehead atoms. The van der Waals surface area contributed by atoms with Gasteiger partial charge in [0.15, 0.2) is 5.69 Å². The summed E-state index contributed by atoms with van der Waals surface area (Å²) < 4.78 is 45.1. The Morgan fingerprint density at radius 2 is 1.93 bits per heavy atom. The summed E-state index contributed by atoms with van der Waals surface area (Å²) in [4.78, 5) is 20.6. The quantitative estimate of drug-likeness (QED) is 0.874. The summed E-state index contributed by atoms with van der Waals surface area (Å²) in [7, 11) is 1.47. The van der Waals surface area contributed by atoms with E-state index in [1.165, 1.54) is 7.11 Å². The summed E-state index contributed by atoms with van der Waals surface area (Å²) in [6, 6.07) is 7.51. The molecule has 2 aromatic rings. The first-order valence-corrected chi connectivity index (χ1v) is 8.36. The van der Waals surface area contributed by atoms with Gasteiger partial charge in [-0.15, -0.1) is 0 Å². The molecular weight excluding hydrogens is 363 g/mol. The van der Waals surface area contributed by atoms with E-state index < -0.39 is 23.8 Å². The lowest BCUT2D eigenvalue weighted by Gasteiger charge is -2.30. The second kappa shape index (κ2) is 7.42. The van der Waals surface area contributed by atoms with Crippen LogP contribution in [0.15, 0.2) is 30.3 Å². The van der Waals surface area contributed by atoms with Gasteiger partial charge >= 0.3 is 12.1 Å². The predicted octanol–water partition coefficient (Wildman–Crippen LogP) is 3.47. The summed E-state index contributed by atoms with van der Waals surface area (Å²) in [5.74, 6) is -0.934. The minimum atomic E-state index is -4.62. The Labute approximate surface area is 153 Å². The highest BCUT2D eigenvalue weighted by Gasteiger charge is 2.35. The first-order valence-electron chi connectivity index (χ1n) is 8.36. The number of methoxy groups -OCH3 is 1. The number of carbonyl (C=O) groups is 1. The number of ether oxygens (including phenoxy) is 1. The Morgan fingerprint density at radius 1 is 1.22 bits per heavy atom. The Morgan fingerprint density at radius 3 is 2.52 bits per heavy atom. The fourth-order valence-corrected chi connectivity index (χ4v) is 2.98. The minimum absolute atomic E-state index is 0.0496. The molecule has 1 aromatic heterocycles. The van der Waals surface area contributed by atoms with Crippen LogP contribution >= 0.6 is 0 Å². The number of aliphatic carboxylic acids is 1. The van der Waals surface area contributed by atoms with E-state index in [0.29, 0.717) is 24.2 Å². The molecule has 1 aliphatic rings. The SMILES string of the molecule is COc1cccc(-c2cc(C(F)(F)F)nc(N3CCC(C(=O)O)CC3)n2)c1. The molecule has 0 amide bonds.